The molecule has 2 N–H and O–H groups in total. The number of nitrogens with two attached hydrogens (primary N) is 1. The van der Waals surface area contributed by atoms with E-state index < -0.39 is 4.92 Å². The zero-order valence-corrected chi connectivity index (χ0v) is 11.2. The van der Waals surface area contributed by atoms with Crippen LogP contribution in [0.5, 0.6) is 5.75 Å². The zero-order valence-electron chi connectivity index (χ0n) is 11.2. The molecule has 1 aliphatic carbocycles. The quantitative estimate of drug-likeness (QED) is 0.670. The summed E-state index contributed by atoms with van der Waals surface area (Å²) in [6.45, 7) is 2.29. The van der Waals surface area contributed by atoms with Crippen LogP contribution in [-0.2, 0) is 0 Å². The number of hydrogen-bond donors (Lipinski definition) is 1. The Hall–Kier alpha value is -1.62. The minimum atomic E-state index is -0.400. The molecule has 0 unspecified atom stereocenters. The molecular weight excluding hydrogens is 244 g/mol. The molecule has 0 aliphatic heterocycles. The van der Waals surface area contributed by atoms with Crippen molar-refractivity contribution in [2.24, 2.45) is 5.73 Å². The number of nitro benzene ring substituents is 1. The van der Waals surface area contributed by atoms with Crippen LogP contribution in [0.3, 0.4) is 0 Å². The third kappa shape index (κ3) is 3.44. The maximum Gasteiger partial charge on any atom is 0.269 e. The molecule has 0 heterocycles. The van der Waals surface area contributed by atoms with Crippen molar-refractivity contribution < 1.29 is 9.66 Å². The van der Waals surface area contributed by atoms with Crippen molar-refractivity contribution in [2.45, 2.75) is 44.6 Å². The molecule has 19 heavy (non-hydrogen) atoms. The minimum Gasteiger partial charge on any atom is -0.491 e. The Labute approximate surface area is 112 Å². The molecule has 1 aromatic carbocycles. The van der Waals surface area contributed by atoms with Gasteiger partial charge in [0.25, 0.3) is 5.69 Å². The summed E-state index contributed by atoms with van der Waals surface area (Å²) in [4.78, 5) is 10.3. The van der Waals surface area contributed by atoms with Gasteiger partial charge < -0.3 is 10.5 Å². The van der Waals surface area contributed by atoms with Crippen LogP contribution in [0.1, 0.15) is 37.7 Å². The van der Waals surface area contributed by atoms with Gasteiger partial charge in [-0.25, -0.2) is 0 Å². The van der Waals surface area contributed by atoms with Gasteiger partial charge in [-0.3, -0.25) is 10.1 Å². The molecule has 0 amide bonds. The van der Waals surface area contributed by atoms with Gasteiger partial charge in [-0.05, 0) is 31.4 Å². The lowest BCUT2D eigenvalue weighted by atomic mass is 9.83. The second-order valence-electron chi connectivity index (χ2n) is 5.42. The highest BCUT2D eigenvalue weighted by Gasteiger charge is 2.28. The Morgan fingerprint density at radius 1 is 1.37 bits per heavy atom. The first kappa shape index (κ1) is 13.8. The smallest absolute Gasteiger partial charge is 0.269 e. The van der Waals surface area contributed by atoms with E-state index in [1.165, 1.54) is 18.6 Å². The van der Waals surface area contributed by atoms with Gasteiger partial charge in [0.05, 0.1) is 10.5 Å². The van der Waals surface area contributed by atoms with Gasteiger partial charge in [0, 0.05) is 12.1 Å². The van der Waals surface area contributed by atoms with E-state index in [9.17, 15) is 10.1 Å². The molecule has 1 fully saturated rings. The van der Waals surface area contributed by atoms with E-state index in [-0.39, 0.29) is 11.2 Å². The number of nitro groups is 1. The largest absolute Gasteiger partial charge is 0.491 e. The van der Waals surface area contributed by atoms with Crippen molar-refractivity contribution in [3.8, 4) is 5.75 Å². The topological polar surface area (TPSA) is 78.4 Å². The number of benzene rings is 1. The first-order valence-electron chi connectivity index (χ1n) is 6.67. The monoisotopic (exact) mass is 264 g/mol. The Balaban J connectivity index is 2.01. The molecule has 0 radical (unpaired) electrons. The van der Waals surface area contributed by atoms with Gasteiger partial charge in [-0.2, -0.15) is 0 Å². The van der Waals surface area contributed by atoms with Crippen molar-refractivity contribution in [2.75, 3.05) is 6.61 Å². The molecule has 1 aliphatic rings. The second-order valence-corrected chi connectivity index (χ2v) is 5.42. The van der Waals surface area contributed by atoms with Crippen LogP contribution >= 0.6 is 0 Å². The average Bonchev–Trinajstić information content (AvgIpc) is 2.38. The number of non-ortho nitro benzene ring substituents is 1. The summed E-state index contributed by atoms with van der Waals surface area (Å²) in [6, 6.07) is 4.64. The fraction of sp³-hybridized carbons (Fsp3) is 0.571. The van der Waals surface area contributed by atoms with E-state index in [2.05, 4.69) is 0 Å². The normalized spacial score (nSPS) is 18.0. The zero-order chi connectivity index (χ0) is 13.9. The van der Waals surface area contributed by atoms with Gasteiger partial charge in [0.15, 0.2) is 0 Å². The van der Waals surface area contributed by atoms with Crippen LogP contribution in [0.2, 0.25) is 0 Å². The first-order chi connectivity index (χ1) is 9.00. The van der Waals surface area contributed by atoms with E-state index in [0.717, 1.165) is 31.2 Å². The van der Waals surface area contributed by atoms with Crippen molar-refractivity contribution in [1.82, 2.24) is 0 Å². The van der Waals surface area contributed by atoms with Gasteiger partial charge in [-0.1, -0.05) is 19.3 Å². The molecule has 0 aromatic heterocycles. The van der Waals surface area contributed by atoms with Gasteiger partial charge in [-0.15, -0.1) is 0 Å². The molecule has 104 valence electrons. The minimum absolute atomic E-state index is 0.0879. The van der Waals surface area contributed by atoms with Gasteiger partial charge in [0.2, 0.25) is 0 Å². The third-order valence-corrected chi connectivity index (χ3v) is 3.73. The fourth-order valence-corrected chi connectivity index (χ4v) is 2.53. The Morgan fingerprint density at radius 3 is 2.63 bits per heavy atom. The predicted octanol–water partition coefficient (Wildman–Crippen LogP) is 2.94. The van der Waals surface area contributed by atoms with E-state index in [0.29, 0.717) is 12.4 Å². The van der Waals surface area contributed by atoms with Crippen LogP contribution in [0.15, 0.2) is 18.2 Å². The summed E-state index contributed by atoms with van der Waals surface area (Å²) in [6.07, 6.45) is 5.52. The van der Waals surface area contributed by atoms with Crippen LogP contribution in [0, 0.1) is 17.0 Å². The summed E-state index contributed by atoms with van der Waals surface area (Å²) in [7, 11) is 0. The summed E-state index contributed by atoms with van der Waals surface area (Å²) in [5, 5.41) is 10.7. The lowest BCUT2D eigenvalue weighted by Gasteiger charge is -2.33. The van der Waals surface area contributed by atoms with Crippen LogP contribution in [-0.4, -0.2) is 17.1 Å². The second kappa shape index (κ2) is 5.57. The van der Waals surface area contributed by atoms with Crippen molar-refractivity contribution in [1.29, 1.82) is 0 Å². The summed E-state index contributed by atoms with van der Waals surface area (Å²) < 4.78 is 5.77. The van der Waals surface area contributed by atoms with E-state index >= 15 is 0 Å². The highest BCUT2D eigenvalue weighted by atomic mass is 16.6. The van der Waals surface area contributed by atoms with Crippen molar-refractivity contribution in [3.05, 3.63) is 33.9 Å². The maximum atomic E-state index is 10.7. The Kier molecular flexibility index (Phi) is 4.04. The molecule has 0 spiro atoms. The number of rotatable bonds is 4. The molecule has 2 rings (SSSR count). The maximum absolute atomic E-state index is 10.7. The highest BCUT2D eigenvalue weighted by Crippen LogP contribution is 2.28. The molecule has 1 saturated carbocycles. The molecule has 5 nitrogen and oxygen atoms in total. The molecule has 5 heteroatoms. The summed E-state index contributed by atoms with van der Waals surface area (Å²) >= 11 is 0. The first-order valence-corrected chi connectivity index (χ1v) is 6.67. The van der Waals surface area contributed by atoms with Crippen molar-refractivity contribution >= 4 is 5.69 Å². The lowest BCUT2D eigenvalue weighted by molar-refractivity contribution is -0.384. The van der Waals surface area contributed by atoms with Crippen LogP contribution < -0.4 is 10.5 Å². The Bertz CT molecular complexity index is 468. The number of aryl methyl sites for hydroxylation is 1. The highest BCUT2D eigenvalue weighted by molar-refractivity contribution is 5.42. The van der Waals surface area contributed by atoms with Gasteiger partial charge in [0.1, 0.15) is 12.4 Å². The van der Waals surface area contributed by atoms with Crippen LogP contribution in [0.25, 0.3) is 0 Å². The fourth-order valence-electron chi connectivity index (χ4n) is 2.53. The van der Waals surface area contributed by atoms with E-state index in [1.54, 1.807) is 6.07 Å². The lowest BCUT2D eigenvalue weighted by Crippen LogP contribution is -2.47. The SMILES string of the molecule is Cc1cc([N+](=O)[O-])ccc1OCC1(N)CCCCC1. The standard InChI is InChI=1S/C14H20N2O3/c1-11-9-12(16(17)18)5-6-13(11)19-10-14(15)7-3-2-4-8-14/h5-6,9H,2-4,7-8,10,15H2,1H3. The summed E-state index contributed by atoms with van der Waals surface area (Å²) in [5.41, 5.74) is 6.92. The van der Waals surface area contributed by atoms with E-state index in [4.69, 9.17) is 10.5 Å². The van der Waals surface area contributed by atoms with Crippen LogP contribution in [0.4, 0.5) is 5.69 Å². The third-order valence-electron chi connectivity index (χ3n) is 3.73. The molecule has 0 saturated heterocycles. The number of ether oxygens (including phenoxy) is 1. The molecule has 0 atom stereocenters. The molecule has 1 aromatic rings. The van der Waals surface area contributed by atoms with E-state index in [1.807, 2.05) is 6.92 Å². The molecule has 0 bridgehead atoms. The predicted molar refractivity (Wildman–Crippen MR) is 73.3 cm³/mol. The Morgan fingerprint density at radius 2 is 2.05 bits per heavy atom. The molecular formula is C14H20N2O3. The number of nitrogens with zero attached hydrogens (tertiary/aromatic N) is 1. The average molecular weight is 264 g/mol. The number of hydrogen-bond acceptors (Lipinski definition) is 4. The van der Waals surface area contributed by atoms with Gasteiger partial charge >= 0.3 is 0 Å². The summed E-state index contributed by atoms with van der Waals surface area (Å²) in [5.74, 6) is 0.681. The van der Waals surface area contributed by atoms with Crippen molar-refractivity contribution in [3.63, 3.8) is 0 Å².